The van der Waals surface area contributed by atoms with Crippen LogP contribution in [0.3, 0.4) is 0 Å². The second kappa shape index (κ2) is 19.5. The third-order valence-corrected chi connectivity index (χ3v) is 12.6. The van der Waals surface area contributed by atoms with E-state index in [0.717, 1.165) is 67.5 Å². The van der Waals surface area contributed by atoms with Crippen molar-refractivity contribution in [2.24, 2.45) is 0 Å². The molecular formula is C46H49ClF2N8O7. The topological polar surface area (TPSA) is 188 Å². The van der Waals surface area contributed by atoms with Crippen molar-refractivity contribution in [2.75, 3.05) is 57.8 Å². The van der Waals surface area contributed by atoms with Crippen molar-refractivity contribution in [2.45, 2.75) is 69.6 Å². The number of likely N-dealkylation sites (tertiary alicyclic amines) is 1. The fourth-order valence-electron chi connectivity index (χ4n) is 8.68. The maximum absolute atomic E-state index is 14.2. The molecule has 4 heterocycles. The van der Waals surface area contributed by atoms with E-state index < -0.39 is 47.5 Å². The molecule has 0 spiro atoms. The Labute approximate surface area is 372 Å². The van der Waals surface area contributed by atoms with Crippen molar-refractivity contribution in [3.8, 4) is 0 Å². The minimum atomic E-state index is -1.40. The molecule has 336 valence electrons. The van der Waals surface area contributed by atoms with Crippen molar-refractivity contribution in [1.29, 1.82) is 0 Å². The van der Waals surface area contributed by atoms with E-state index in [1.165, 1.54) is 15.8 Å². The van der Waals surface area contributed by atoms with Crippen molar-refractivity contribution in [3.63, 3.8) is 0 Å². The van der Waals surface area contributed by atoms with Gasteiger partial charge in [-0.15, -0.1) is 0 Å². The molecule has 1 aliphatic carbocycles. The second-order valence-electron chi connectivity index (χ2n) is 16.8. The first-order chi connectivity index (χ1) is 30.8. The standard InChI is InChI=1S/C46H49ClF2N8O7/c47-42-33-3-1-2-4-36(33)53-38-22-29(5-7-34(38)42)43(60)50-25-41(59)54-39(21-28-19-30(48)23-31(49)20-28)45(62)56-13-10-46(63,11-14-56)26-57-27-51-37-24-32(6-8-35(37)44(57)61)52-40(58)9-12-55-15-17-64-18-16-55/h5-8,19-20,22-24,27,39,63H,1-4,9-18,21,25-26H2,(H,50,60)(H,52,58)(H,54,59)/t39-/m0/s1. The van der Waals surface area contributed by atoms with Gasteiger partial charge in [-0.05, 0) is 92.1 Å². The number of rotatable bonds is 13. The molecule has 3 aliphatic rings. The molecule has 64 heavy (non-hydrogen) atoms. The molecule has 15 nitrogen and oxygen atoms in total. The Bertz CT molecular complexity index is 2650. The van der Waals surface area contributed by atoms with E-state index in [0.29, 0.717) is 59.4 Å². The number of anilines is 1. The number of amides is 4. The lowest BCUT2D eigenvalue weighted by Gasteiger charge is -2.39. The molecule has 0 radical (unpaired) electrons. The molecule has 8 rings (SSSR count). The predicted molar refractivity (Wildman–Crippen MR) is 235 cm³/mol. The Morgan fingerprint density at radius 2 is 1.62 bits per heavy atom. The van der Waals surface area contributed by atoms with Gasteiger partial charge in [-0.1, -0.05) is 17.7 Å². The quantitative estimate of drug-likeness (QED) is 0.135. The molecule has 2 aliphatic heterocycles. The summed E-state index contributed by atoms with van der Waals surface area (Å²) in [5.74, 6) is -3.69. The third kappa shape index (κ3) is 10.6. The van der Waals surface area contributed by atoms with Crippen LogP contribution in [0.25, 0.3) is 21.8 Å². The van der Waals surface area contributed by atoms with Crippen LogP contribution in [0.5, 0.6) is 0 Å². The summed E-state index contributed by atoms with van der Waals surface area (Å²) in [6.07, 6.45) is 5.21. The normalized spacial score (nSPS) is 16.8. The zero-order valence-electron chi connectivity index (χ0n) is 35.1. The molecule has 18 heteroatoms. The van der Waals surface area contributed by atoms with Gasteiger partial charge in [0.2, 0.25) is 17.7 Å². The smallest absolute Gasteiger partial charge is 0.261 e. The van der Waals surface area contributed by atoms with Crippen LogP contribution >= 0.6 is 11.6 Å². The molecule has 2 fully saturated rings. The summed E-state index contributed by atoms with van der Waals surface area (Å²) in [7, 11) is 0. The number of hydrogen-bond acceptors (Lipinski definition) is 10. The highest BCUT2D eigenvalue weighted by atomic mass is 35.5. The summed E-state index contributed by atoms with van der Waals surface area (Å²) in [6, 6.07) is 11.4. The van der Waals surface area contributed by atoms with E-state index in [9.17, 15) is 37.9 Å². The van der Waals surface area contributed by atoms with E-state index in [1.807, 2.05) is 0 Å². The number of pyridine rings is 1. The average molecular weight is 899 g/mol. The van der Waals surface area contributed by atoms with Gasteiger partial charge in [-0.25, -0.2) is 13.8 Å². The molecular weight excluding hydrogens is 850 g/mol. The Morgan fingerprint density at radius 1 is 0.891 bits per heavy atom. The Morgan fingerprint density at radius 3 is 2.39 bits per heavy atom. The van der Waals surface area contributed by atoms with Gasteiger partial charge in [-0.2, -0.15) is 0 Å². The Hall–Kier alpha value is -5.88. The predicted octanol–water partition coefficient (Wildman–Crippen LogP) is 3.93. The number of hydrogen-bond donors (Lipinski definition) is 4. The molecule has 2 aromatic heterocycles. The lowest BCUT2D eigenvalue weighted by Crippen LogP contribution is -2.56. The number of carbonyl (C=O) groups is 4. The molecule has 0 bridgehead atoms. The first-order valence-electron chi connectivity index (χ1n) is 21.5. The van der Waals surface area contributed by atoms with Crippen LogP contribution in [-0.4, -0.2) is 117 Å². The number of piperidine rings is 1. The van der Waals surface area contributed by atoms with Gasteiger partial charge in [-0.3, -0.25) is 38.4 Å². The van der Waals surface area contributed by atoms with Gasteiger partial charge in [0.25, 0.3) is 11.5 Å². The highest BCUT2D eigenvalue weighted by molar-refractivity contribution is 6.36. The van der Waals surface area contributed by atoms with Gasteiger partial charge in [0, 0.05) is 74.0 Å². The Kier molecular flexibility index (Phi) is 13.6. The van der Waals surface area contributed by atoms with Crippen molar-refractivity contribution in [1.82, 2.24) is 35.0 Å². The van der Waals surface area contributed by atoms with E-state index in [4.69, 9.17) is 21.3 Å². The SMILES string of the molecule is O=C(CCN1CCOCC1)Nc1ccc2c(=O)n(CC3(O)CCN(C(=O)[C@H](Cc4cc(F)cc(F)c4)NC(=O)CNC(=O)c4ccc5c(Cl)c6c(nc5c4)CCCC6)CC3)cnc2c1. The maximum Gasteiger partial charge on any atom is 0.261 e. The first-order valence-corrected chi connectivity index (χ1v) is 21.9. The number of carbonyl (C=O) groups excluding carboxylic acids is 4. The van der Waals surface area contributed by atoms with E-state index in [2.05, 4.69) is 25.8 Å². The molecule has 0 saturated carbocycles. The summed E-state index contributed by atoms with van der Waals surface area (Å²) in [4.78, 5) is 79.5. The molecule has 5 aromatic rings. The van der Waals surface area contributed by atoms with E-state index in [-0.39, 0.29) is 61.5 Å². The van der Waals surface area contributed by atoms with E-state index >= 15 is 0 Å². The number of morpholine rings is 1. The summed E-state index contributed by atoms with van der Waals surface area (Å²) in [6.45, 7) is 2.93. The minimum absolute atomic E-state index is 0.0452. The molecule has 1 atom stereocenters. The summed E-state index contributed by atoms with van der Waals surface area (Å²) in [5, 5.41) is 21.4. The zero-order chi connectivity index (χ0) is 45.0. The van der Waals surface area contributed by atoms with Gasteiger partial charge in [0.1, 0.15) is 17.7 Å². The number of aliphatic hydroxyl groups is 1. The number of halogens is 3. The first kappa shape index (κ1) is 44.7. The van der Waals surface area contributed by atoms with Gasteiger partial charge in [0.05, 0.1) is 59.7 Å². The number of fused-ring (bicyclic) bond motifs is 3. The largest absolute Gasteiger partial charge is 0.388 e. The number of ether oxygens (including phenoxy) is 1. The van der Waals surface area contributed by atoms with Crippen LogP contribution in [-0.2, 0) is 44.9 Å². The zero-order valence-corrected chi connectivity index (χ0v) is 35.9. The highest BCUT2D eigenvalue weighted by Gasteiger charge is 2.37. The van der Waals surface area contributed by atoms with Crippen LogP contribution in [0.15, 0.2) is 65.7 Å². The van der Waals surface area contributed by atoms with Gasteiger partial charge in [0.15, 0.2) is 0 Å². The van der Waals surface area contributed by atoms with Crippen LogP contribution in [0.2, 0.25) is 5.02 Å². The second-order valence-corrected chi connectivity index (χ2v) is 17.2. The lowest BCUT2D eigenvalue weighted by atomic mass is 9.90. The molecule has 3 aromatic carbocycles. The summed E-state index contributed by atoms with van der Waals surface area (Å²) < 4.78 is 35.1. The monoisotopic (exact) mass is 898 g/mol. The van der Waals surface area contributed by atoms with Gasteiger partial charge >= 0.3 is 0 Å². The average Bonchev–Trinajstić information content (AvgIpc) is 3.28. The summed E-state index contributed by atoms with van der Waals surface area (Å²) >= 11 is 6.70. The number of aryl methyl sites for hydroxylation is 1. The lowest BCUT2D eigenvalue weighted by molar-refractivity contribution is -0.140. The van der Waals surface area contributed by atoms with Crippen molar-refractivity contribution >= 4 is 62.7 Å². The Balaban J connectivity index is 0.886. The third-order valence-electron chi connectivity index (χ3n) is 12.2. The molecule has 4 amide bonds. The van der Waals surface area contributed by atoms with E-state index in [1.54, 1.807) is 36.4 Å². The van der Waals surface area contributed by atoms with Crippen LogP contribution in [0, 0.1) is 11.6 Å². The molecule has 0 unspecified atom stereocenters. The fourth-order valence-corrected chi connectivity index (χ4v) is 9.04. The van der Waals surface area contributed by atoms with Crippen LogP contribution in [0.1, 0.15) is 59.3 Å². The number of nitrogens with zero attached hydrogens (tertiary/aromatic N) is 5. The maximum atomic E-state index is 14.2. The number of benzene rings is 3. The molecule has 2 saturated heterocycles. The number of nitrogens with one attached hydrogen (secondary N) is 3. The fraction of sp³-hybridized carbons (Fsp3) is 0.413. The summed E-state index contributed by atoms with van der Waals surface area (Å²) in [5.41, 5.74) is 1.99. The van der Waals surface area contributed by atoms with Crippen molar-refractivity contribution in [3.05, 3.63) is 110 Å². The van der Waals surface area contributed by atoms with Gasteiger partial charge < -0.3 is 30.7 Å². The minimum Gasteiger partial charge on any atom is -0.388 e. The van der Waals surface area contributed by atoms with Crippen molar-refractivity contribution < 1.29 is 37.8 Å². The number of aromatic nitrogens is 3. The highest BCUT2D eigenvalue weighted by Crippen LogP contribution is 2.33. The van der Waals surface area contributed by atoms with Crippen LogP contribution < -0.4 is 21.5 Å². The molecule has 4 N–H and O–H groups in total. The van der Waals surface area contributed by atoms with Crippen LogP contribution in [0.4, 0.5) is 14.5 Å².